The smallest absolute Gasteiger partial charge is 0.146 e. The Hall–Kier alpha value is -2.47. The summed E-state index contributed by atoms with van der Waals surface area (Å²) in [6.07, 6.45) is 5.54. The summed E-state index contributed by atoms with van der Waals surface area (Å²) in [5, 5.41) is 12.1. The summed E-state index contributed by atoms with van der Waals surface area (Å²) in [5.74, 6) is 2.35. The predicted molar refractivity (Wildman–Crippen MR) is 93.9 cm³/mol. The first-order valence-electron chi connectivity index (χ1n) is 8.26. The van der Waals surface area contributed by atoms with E-state index in [4.69, 9.17) is 0 Å². The molecular weight excluding hydrogens is 300 g/mol. The largest absolute Gasteiger partial charge is 0.317 e. The zero-order chi connectivity index (χ0) is 17.1. The van der Waals surface area contributed by atoms with E-state index in [1.165, 1.54) is 5.56 Å². The second-order valence-corrected chi connectivity index (χ2v) is 6.36. The molecule has 2 heterocycles. The van der Waals surface area contributed by atoms with Gasteiger partial charge in [-0.1, -0.05) is 26.0 Å². The molecule has 0 bridgehead atoms. The molecule has 126 valence electrons. The van der Waals surface area contributed by atoms with Crippen molar-refractivity contribution in [1.82, 2.24) is 29.6 Å². The molecular formula is C18H24N6. The van der Waals surface area contributed by atoms with Crippen LogP contribution >= 0.6 is 0 Å². The van der Waals surface area contributed by atoms with Gasteiger partial charge in [-0.15, -0.1) is 10.2 Å². The van der Waals surface area contributed by atoms with Crippen molar-refractivity contribution in [2.75, 3.05) is 0 Å². The maximum Gasteiger partial charge on any atom is 0.146 e. The molecule has 0 fully saturated rings. The molecule has 0 aliphatic rings. The first-order valence-corrected chi connectivity index (χ1v) is 8.26. The zero-order valence-corrected chi connectivity index (χ0v) is 14.6. The first kappa shape index (κ1) is 16.4. The number of nitrogens with one attached hydrogen (secondary N) is 1. The molecule has 0 saturated carbocycles. The molecule has 0 amide bonds. The van der Waals surface area contributed by atoms with Gasteiger partial charge in [-0.05, 0) is 24.6 Å². The maximum atomic E-state index is 4.30. The number of hydrogen-bond donors (Lipinski definition) is 1. The Morgan fingerprint density at radius 2 is 2.00 bits per heavy atom. The van der Waals surface area contributed by atoms with Gasteiger partial charge in [-0.3, -0.25) is 0 Å². The Balaban J connectivity index is 1.69. The van der Waals surface area contributed by atoms with Gasteiger partial charge in [0.15, 0.2) is 0 Å². The van der Waals surface area contributed by atoms with Crippen molar-refractivity contribution in [2.45, 2.75) is 39.3 Å². The number of hydrogen-bond acceptors (Lipinski definition) is 4. The van der Waals surface area contributed by atoms with Crippen LogP contribution in [0.1, 0.15) is 49.9 Å². The average molecular weight is 324 g/mol. The minimum Gasteiger partial charge on any atom is -0.317 e. The molecule has 24 heavy (non-hydrogen) atoms. The molecule has 6 nitrogen and oxygen atoms in total. The van der Waals surface area contributed by atoms with Crippen molar-refractivity contribution in [2.24, 2.45) is 7.05 Å². The second kappa shape index (κ2) is 6.97. The van der Waals surface area contributed by atoms with Crippen molar-refractivity contribution < 1.29 is 0 Å². The molecule has 0 aliphatic heterocycles. The lowest BCUT2D eigenvalue weighted by Crippen LogP contribution is -2.20. The van der Waals surface area contributed by atoms with E-state index < -0.39 is 0 Å². The minimum atomic E-state index is 0.215. The highest BCUT2D eigenvalue weighted by Gasteiger charge is 2.13. The summed E-state index contributed by atoms with van der Waals surface area (Å²) in [6.45, 7) is 7.11. The fourth-order valence-electron chi connectivity index (χ4n) is 2.76. The highest BCUT2D eigenvalue weighted by atomic mass is 15.3. The van der Waals surface area contributed by atoms with Crippen LogP contribution in [-0.4, -0.2) is 24.3 Å². The quantitative estimate of drug-likeness (QED) is 0.757. The lowest BCUT2D eigenvalue weighted by atomic mass is 10.1. The first-order chi connectivity index (χ1) is 11.6. The van der Waals surface area contributed by atoms with Gasteiger partial charge in [0.1, 0.15) is 11.6 Å². The fraction of sp³-hybridized carbons (Fsp3) is 0.389. The summed E-state index contributed by atoms with van der Waals surface area (Å²) in [5.41, 5.74) is 2.34. The Morgan fingerprint density at radius 3 is 2.67 bits per heavy atom. The van der Waals surface area contributed by atoms with Crippen LogP contribution < -0.4 is 5.32 Å². The summed E-state index contributed by atoms with van der Waals surface area (Å²) >= 11 is 0. The van der Waals surface area contributed by atoms with Gasteiger partial charge >= 0.3 is 0 Å². The molecule has 0 saturated heterocycles. The van der Waals surface area contributed by atoms with E-state index >= 15 is 0 Å². The number of nitrogens with zero attached hydrogens (tertiary/aromatic N) is 5. The molecule has 1 aromatic carbocycles. The van der Waals surface area contributed by atoms with E-state index in [1.807, 2.05) is 24.1 Å². The summed E-state index contributed by atoms with van der Waals surface area (Å²) in [4.78, 5) is 4.10. The molecule has 3 rings (SSSR count). The number of aromatic nitrogens is 5. The Morgan fingerprint density at radius 1 is 1.17 bits per heavy atom. The summed E-state index contributed by atoms with van der Waals surface area (Å²) in [6, 6.07) is 8.68. The van der Waals surface area contributed by atoms with Crippen LogP contribution in [0.3, 0.4) is 0 Å². The van der Waals surface area contributed by atoms with Crippen molar-refractivity contribution in [1.29, 1.82) is 0 Å². The van der Waals surface area contributed by atoms with Crippen LogP contribution in [0.4, 0.5) is 0 Å². The standard InChI is InChI=1S/C18H24N6/c1-13(2)18-22-21-17(23(18)4)11-20-14(3)15-6-5-7-16(10-15)24-9-8-19-12-24/h5-10,12-14,20H,11H2,1-4H3. The maximum absolute atomic E-state index is 4.30. The van der Waals surface area contributed by atoms with Gasteiger partial charge in [0.25, 0.3) is 0 Å². The Kier molecular flexibility index (Phi) is 4.76. The van der Waals surface area contributed by atoms with E-state index in [1.54, 1.807) is 6.20 Å². The molecule has 1 atom stereocenters. The van der Waals surface area contributed by atoms with Crippen LogP contribution in [0.5, 0.6) is 0 Å². The van der Waals surface area contributed by atoms with Gasteiger partial charge in [-0.2, -0.15) is 0 Å². The molecule has 6 heteroatoms. The number of rotatable bonds is 6. The number of benzene rings is 1. The molecule has 0 radical (unpaired) electrons. The summed E-state index contributed by atoms with van der Waals surface area (Å²) < 4.78 is 4.08. The Bertz CT molecular complexity index is 788. The third-order valence-electron chi connectivity index (χ3n) is 4.25. The molecule has 1 unspecified atom stereocenters. The minimum absolute atomic E-state index is 0.215. The van der Waals surface area contributed by atoms with E-state index in [9.17, 15) is 0 Å². The third-order valence-corrected chi connectivity index (χ3v) is 4.25. The lowest BCUT2D eigenvalue weighted by Gasteiger charge is -2.15. The van der Waals surface area contributed by atoms with Crippen LogP contribution in [0, 0.1) is 0 Å². The monoisotopic (exact) mass is 324 g/mol. The van der Waals surface area contributed by atoms with Gasteiger partial charge in [0, 0.05) is 37.1 Å². The van der Waals surface area contributed by atoms with Gasteiger partial charge in [0.2, 0.25) is 0 Å². The van der Waals surface area contributed by atoms with E-state index in [0.717, 1.165) is 17.3 Å². The molecule has 3 aromatic rings. The van der Waals surface area contributed by atoms with Gasteiger partial charge in [-0.25, -0.2) is 4.98 Å². The SMILES string of the molecule is CC(C)c1nnc(CNC(C)c2cccc(-n3ccnc3)c2)n1C. The van der Waals surface area contributed by atoms with Gasteiger partial charge < -0.3 is 14.5 Å². The fourth-order valence-corrected chi connectivity index (χ4v) is 2.76. The van der Waals surface area contributed by atoms with Crippen molar-refractivity contribution >= 4 is 0 Å². The molecule has 2 aromatic heterocycles. The van der Waals surface area contributed by atoms with Crippen LogP contribution in [0.2, 0.25) is 0 Å². The van der Waals surface area contributed by atoms with Crippen LogP contribution in [-0.2, 0) is 13.6 Å². The van der Waals surface area contributed by atoms with Crippen molar-refractivity contribution in [3.8, 4) is 5.69 Å². The van der Waals surface area contributed by atoms with E-state index in [2.05, 4.69) is 70.1 Å². The van der Waals surface area contributed by atoms with Crippen LogP contribution in [0.15, 0.2) is 43.0 Å². The average Bonchev–Trinajstić information content (AvgIpc) is 3.22. The molecule has 0 aliphatic carbocycles. The van der Waals surface area contributed by atoms with Gasteiger partial charge in [0.05, 0.1) is 12.9 Å². The van der Waals surface area contributed by atoms with E-state index in [-0.39, 0.29) is 6.04 Å². The second-order valence-electron chi connectivity index (χ2n) is 6.36. The lowest BCUT2D eigenvalue weighted by molar-refractivity contribution is 0.544. The Labute approximate surface area is 142 Å². The number of imidazole rings is 1. The predicted octanol–water partition coefficient (Wildman–Crippen LogP) is 2.98. The van der Waals surface area contributed by atoms with E-state index in [0.29, 0.717) is 12.5 Å². The molecule has 1 N–H and O–H groups in total. The third kappa shape index (κ3) is 3.38. The normalized spacial score (nSPS) is 12.7. The topological polar surface area (TPSA) is 60.6 Å². The summed E-state index contributed by atoms with van der Waals surface area (Å²) in [7, 11) is 2.02. The highest BCUT2D eigenvalue weighted by Crippen LogP contribution is 2.18. The van der Waals surface area contributed by atoms with Crippen molar-refractivity contribution in [3.63, 3.8) is 0 Å². The van der Waals surface area contributed by atoms with Crippen molar-refractivity contribution in [3.05, 3.63) is 60.2 Å². The highest BCUT2D eigenvalue weighted by molar-refractivity contribution is 5.37. The van der Waals surface area contributed by atoms with Crippen LogP contribution in [0.25, 0.3) is 5.69 Å². The zero-order valence-electron chi connectivity index (χ0n) is 14.6. The molecule has 0 spiro atoms.